The van der Waals surface area contributed by atoms with Crippen LogP contribution < -0.4 is 10.2 Å². The van der Waals surface area contributed by atoms with Gasteiger partial charge in [0, 0.05) is 25.6 Å². The number of thiazole rings is 1. The van der Waals surface area contributed by atoms with Gasteiger partial charge >= 0.3 is 0 Å². The zero-order chi connectivity index (χ0) is 17.9. The Bertz CT molecular complexity index is 871. The van der Waals surface area contributed by atoms with Gasteiger partial charge < -0.3 is 14.7 Å². The van der Waals surface area contributed by atoms with Gasteiger partial charge in [-0.15, -0.1) is 0 Å². The largest absolute Gasteiger partial charge is 0.361 e. The second-order valence-corrected chi connectivity index (χ2v) is 7.64. The average molecular weight is 370 g/mol. The Kier molecular flexibility index (Phi) is 4.88. The summed E-state index contributed by atoms with van der Waals surface area (Å²) >= 11 is 1.71. The van der Waals surface area contributed by atoms with Gasteiger partial charge in [0.05, 0.1) is 16.4 Å². The summed E-state index contributed by atoms with van der Waals surface area (Å²) in [5.41, 5.74) is 1.59. The standard InChI is InChI=1S/C19H22N4O2S/c1-2-6-16-14(11-20-25-16)18(24)21-13-7-5-10-23(12-13)19-22-15-8-3-4-9-17(15)26-19/h3-4,8-9,11,13H,2,5-7,10,12H2,1H3,(H,21,24)/t13-/m0/s1. The molecule has 1 atom stereocenters. The van der Waals surface area contributed by atoms with Crippen LogP contribution in [0.2, 0.25) is 0 Å². The number of benzene rings is 1. The number of rotatable bonds is 5. The summed E-state index contributed by atoms with van der Waals surface area (Å²) < 4.78 is 6.41. The number of para-hydroxylation sites is 1. The van der Waals surface area contributed by atoms with E-state index in [1.807, 2.05) is 18.2 Å². The molecule has 1 fully saturated rings. The minimum atomic E-state index is -0.0918. The molecule has 7 heteroatoms. The molecule has 1 amide bonds. The molecule has 1 aromatic carbocycles. The summed E-state index contributed by atoms with van der Waals surface area (Å²) in [6, 6.07) is 8.29. The van der Waals surface area contributed by atoms with Crippen LogP contribution in [-0.4, -0.2) is 35.2 Å². The second kappa shape index (κ2) is 7.45. The van der Waals surface area contributed by atoms with Crippen LogP contribution in [0.1, 0.15) is 42.3 Å². The maximum absolute atomic E-state index is 12.6. The van der Waals surface area contributed by atoms with E-state index in [-0.39, 0.29) is 11.9 Å². The topological polar surface area (TPSA) is 71.3 Å². The van der Waals surface area contributed by atoms with Gasteiger partial charge in [0.25, 0.3) is 5.91 Å². The van der Waals surface area contributed by atoms with E-state index in [2.05, 4.69) is 28.4 Å². The van der Waals surface area contributed by atoms with Crippen molar-refractivity contribution in [3.05, 3.63) is 41.8 Å². The van der Waals surface area contributed by atoms with E-state index in [0.717, 1.165) is 49.4 Å². The first-order chi connectivity index (χ1) is 12.7. The quantitative estimate of drug-likeness (QED) is 0.742. The summed E-state index contributed by atoms with van der Waals surface area (Å²) in [6.07, 6.45) is 5.18. The maximum Gasteiger partial charge on any atom is 0.256 e. The van der Waals surface area contributed by atoms with Gasteiger partial charge in [0.15, 0.2) is 5.13 Å². The van der Waals surface area contributed by atoms with Gasteiger partial charge in [0.1, 0.15) is 11.3 Å². The lowest BCUT2D eigenvalue weighted by molar-refractivity contribution is 0.0931. The lowest BCUT2D eigenvalue weighted by Crippen LogP contribution is -2.47. The van der Waals surface area contributed by atoms with E-state index in [1.165, 1.54) is 10.9 Å². The number of nitrogens with one attached hydrogen (secondary N) is 1. The molecule has 0 unspecified atom stereocenters. The Morgan fingerprint density at radius 1 is 1.42 bits per heavy atom. The van der Waals surface area contributed by atoms with Crippen molar-refractivity contribution >= 4 is 32.6 Å². The number of piperidine rings is 1. The smallest absolute Gasteiger partial charge is 0.256 e. The molecule has 0 radical (unpaired) electrons. The highest BCUT2D eigenvalue weighted by Crippen LogP contribution is 2.30. The van der Waals surface area contributed by atoms with Crippen molar-refractivity contribution in [2.75, 3.05) is 18.0 Å². The van der Waals surface area contributed by atoms with Gasteiger partial charge in [-0.3, -0.25) is 4.79 Å². The zero-order valence-electron chi connectivity index (χ0n) is 14.8. The van der Waals surface area contributed by atoms with Crippen molar-refractivity contribution in [1.29, 1.82) is 0 Å². The van der Waals surface area contributed by atoms with E-state index in [4.69, 9.17) is 9.51 Å². The van der Waals surface area contributed by atoms with Gasteiger partial charge in [-0.25, -0.2) is 4.98 Å². The molecule has 2 aromatic heterocycles. The monoisotopic (exact) mass is 370 g/mol. The summed E-state index contributed by atoms with van der Waals surface area (Å²) in [5, 5.41) is 7.97. The van der Waals surface area contributed by atoms with Gasteiger partial charge in [-0.2, -0.15) is 0 Å². The molecule has 6 nitrogen and oxygen atoms in total. The molecule has 0 aliphatic carbocycles. The third-order valence-corrected chi connectivity index (χ3v) is 5.77. The van der Waals surface area contributed by atoms with Crippen LogP contribution in [0.3, 0.4) is 0 Å². The van der Waals surface area contributed by atoms with Gasteiger partial charge in [-0.05, 0) is 31.4 Å². The van der Waals surface area contributed by atoms with Crippen LogP contribution in [0, 0.1) is 0 Å². The summed E-state index contributed by atoms with van der Waals surface area (Å²) in [4.78, 5) is 19.6. The normalized spacial score (nSPS) is 17.6. The number of anilines is 1. The number of carbonyl (C=O) groups excluding carboxylic acids is 1. The number of aromatic nitrogens is 2. The Morgan fingerprint density at radius 2 is 2.31 bits per heavy atom. The molecule has 1 N–H and O–H groups in total. The van der Waals surface area contributed by atoms with Crippen LogP contribution in [0.25, 0.3) is 10.2 Å². The van der Waals surface area contributed by atoms with E-state index in [0.29, 0.717) is 11.3 Å². The number of carbonyl (C=O) groups is 1. The third-order valence-electron chi connectivity index (χ3n) is 4.68. The highest BCUT2D eigenvalue weighted by Gasteiger charge is 2.25. The predicted octanol–water partition coefficient (Wildman–Crippen LogP) is 3.64. The fourth-order valence-electron chi connectivity index (χ4n) is 3.38. The first kappa shape index (κ1) is 17.0. The van der Waals surface area contributed by atoms with E-state index in [9.17, 15) is 4.79 Å². The van der Waals surface area contributed by atoms with Gasteiger partial charge in [-0.1, -0.05) is 35.5 Å². The molecule has 1 aliphatic heterocycles. The lowest BCUT2D eigenvalue weighted by Gasteiger charge is -2.32. The van der Waals surface area contributed by atoms with Crippen LogP contribution in [0.4, 0.5) is 5.13 Å². The van der Waals surface area contributed by atoms with Crippen LogP contribution in [0.5, 0.6) is 0 Å². The lowest BCUT2D eigenvalue weighted by atomic mass is 10.1. The first-order valence-corrected chi connectivity index (χ1v) is 9.91. The molecule has 3 aromatic rings. The van der Waals surface area contributed by atoms with Crippen LogP contribution in [-0.2, 0) is 6.42 Å². The number of hydrogen-bond donors (Lipinski definition) is 1. The molecule has 0 spiro atoms. The van der Waals surface area contributed by atoms with Crippen LogP contribution >= 0.6 is 11.3 Å². The fraction of sp³-hybridized carbons (Fsp3) is 0.421. The molecule has 136 valence electrons. The van der Waals surface area contributed by atoms with Crippen molar-refractivity contribution in [3.8, 4) is 0 Å². The molecule has 0 saturated carbocycles. The highest BCUT2D eigenvalue weighted by atomic mass is 32.1. The summed E-state index contributed by atoms with van der Waals surface area (Å²) in [5.74, 6) is 0.578. The Hall–Kier alpha value is -2.41. The first-order valence-electron chi connectivity index (χ1n) is 9.09. The van der Waals surface area contributed by atoms with Crippen molar-refractivity contribution < 1.29 is 9.32 Å². The van der Waals surface area contributed by atoms with Crippen molar-refractivity contribution in [3.63, 3.8) is 0 Å². The molecular formula is C19H22N4O2S. The minimum absolute atomic E-state index is 0.0918. The second-order valence-electron chi connectivity index (χ2n) is 6.64. The molecule has 1 aliphatic rings. The summed E-state index contributed by atoms with van der Waals surface area (Å²) in [7, 11) is 0. The number of hydrogen-bond acceptors (Lipinski definition) is 6. The van der Waals surface area contributed by atoms with Crippen molar-refractivity contribution in [1.82, 2.24) is 15.5 Å². The number of aryl methyl sites for hydroxylation is 1. The molecule has 4 rings (SSSR count). The Morgan fingerprint density at radius 3 is 3.15 bits per heavy atom. The third kappa shape index (κ3) is 3.44. The highest BCUT2D eigenvalue weighted by molar-refractivity contribution is 7.22. The van der Waals surface area contributed by atoms with Crippen molar-refractivity contribution in [2.24, 2.45) is 0 Å². The minimum Gasteiger partial charge on any atom is -0.361 e. The molecule has 1 saturated heterocycles. The van der Waals surface area contributed by atoms with Gasteiger partial charge in [0.2, 0.25) is 0 Å². The molecule has 26 heavy (non-hydrogen) atoms. The van der Waals surface area contributed by atoms with E-state index >= 15 is 0 Å². The van der Waals surface area contributed by atoms with Crippen molar-refractivity contribution in [2.45, 2.75) is 38.6 Å². The number of amides is 1. The SMILES string of the molecule is CCCc1oncc1C(=O)N[C@H]1CCCN(c2nc3ccccc3s2)C1. The maximum atomic E-state index is 12.6. The Labute approximate surface area is 156 Å². The predicted molar refractivity (Wildman–Crippen MR) is 103 cm³/mol. The molecule has 0 bridgehead atoms. The Balaban J connectivity index is 1.45. The zero-order valence-corrected chi connectivity index (χ0v) is 15.6. The van der Waals surface area contributed by atoms with Crippen LogP contribution in [0.15, 0.2) is 35.0 Å². The average Bonchev–Trinajstić information content (AvgIpc) is 3.29. The fourth-order valence-corrected chi connectivity index (χ4v) is 4.38. The molecule has 3 heterocycles. The number of nitrogens with zero attached hydrogens (tertiary/aromatic N) is 3. The number of fused-ring (bicyclic) bond motifs is 1. The molecular weight excluding hydrogens is 348 g/mol. The van der Waals surface area contributed by atoms with E-state index < -0.39 is 0 Å². The summed E-state index contributed by atoms with van der Waals surface area (Å²) in [6.45, 7) is 3.81. The van der Waals surface area contributed by atoms with E-state index in [1.54, 1.807) is 11.3 Å².